The number of aliphatic hydroxyl groups excluding tert-OH is 1. The van der Waals surface area contributed by atoms with Gasteiger partial charge >= 0.3 is 0 Å². The van der Waals surface area contributed by atoms with Gasteiger partial charge < -0.3 is 14.6 Å². The fourth-order valence-corrected chi connectivity index (χ4v) is 4.31. The summed E-state index contributed by atoms with van der Waals surface area (Å²) >= 11 is 6.34. The van der Waals surface area contributed by atoms with Crippen LogP contribution in [0.3, 0.4) is 0 Å². The summed E-state index contributed by atoms with van der Waals surface area (Å²) in [4.78, 5) is 28.0. The van der Waals surface area contributed by atoms with Gasteiger partial charge in [0.15, 0.2) is 0 Å². The molecule has 1 atom stereocenters. The third-order valence-corrected chi connectivity index (χ3v) is 6.36. The second-order valence-corrected chi connectivity index (χ2v) is 8.47. The summed E-state index contributed by atoms with van der Waals surface area (Å²) in [5.41, 5.74) is 3.08. The average molecular weight is 478 g/mol. The van der Waals surface area contributed by atoms with E-state index in [9.17, 15) is 14.7 Å². The molecule has 1 unspecified atom stereocenters. The van der Waals surface area contributed by atoms with Crippen molar-refractivity contribution in [1.82, 2.24) is 0 Å². The highest BCUT2D eigenvalue weighted by Crippen LogP contribution is 2.43. The van der Waals surface area contributed by atoms with Crippen LogP contribution in [0.4, 0.5) is 5.69 Å². The smallest absolute Gasteiger partial charge is 0.300 e. The molecule has 0 saturated carbocycles. The number of ketones is 1. The van der Waals surface area contributed by atoms with Gasteiger partial charge in [-0.3, -0.25) is 14.5 Å². The lowest BCUT2D eigenvalue weighted by Gasteiger charge is -2.26. The molecule has 1 aliphatic rings. The Morgan fingerprint density at radius 2 is 1.71 bits per heavy atom. The molecule has 3 aromatic carbocycles. The number of halogens is 1. The Balaban J connectivity index is 1.96. The minimum Gasteiger partial charge on any atom is -0.507 e. The summed E-state index contributed by atoms with van der Waals surface area (Å²) in [6.45, 7) is 3.69. The predicted molar refractivity (Wildman–Crippen MR) is 132 cm³/mol. The van der Waals surface area contributed by atoms with Gasteiger partial charge in [-0.1, -0.05) is 29.8 Å². The number of hydrogen-bond donors (Lipinski definition) is 1. The monoisotopic (exact) mass is 477 g/mol. The van der Waals surface area contributed by atoms with E-state index in [1.807, 2.05) is 13.8 Å². The minimum absolute atomic E-state index is 0.0143. The van der Waals surface area contributed by atoms with Crippen LogP contribution in [-0.2, 0) is 9.59 Å². The Kier molecular flexibility index (Phi) is 6.35. The van der Waals surface area contributed by atoms with Crippen LogP contribution in [0.25, 0.3) is 5.76 Å². The Labute approximate surface area is 203 Å². The van der Waals surface area contributed by atoms with E-state index in [4.69, 9.17) is 21.1 Å². The standard InChI is InChI=1S/C27H24ClNO5/c1-15-8-10-19(14-21(15)28)29-24(17-6-5-7-20(13-17)33-3)23(26(31)27(29)32)25(30)18-9-11-22(34-4)16(2)12-18/h5-14,24,30H,1-4H3/b25-23+. The highest BCUT2D eigenvalue weighted by Gasteiger charge is 2.47. The number of aryl methyl sites for hydroxylation is 2. The summed E-state index contributed by atoms with van der Waals surface area (Å²) in [7, 11) is 3.10. The number of Topliss-reactive ketones (excluding diaryl/α,β-unsaturated/α-hetero) is 1. The van der Waals surface area contributed by atoms with E-state index >= 15 is 0 Å². The molecule has 174 valence electrons. The maximum atomic E-state index is 13.3. The first-order valence-electron chi connectivity index (χ1n) is 10.6. The zero-order valence-corrected chi connectivity index (χ0v) is 20.0. The van der Waals surface area contributed by atoms with Crippen LogP contribution in [-0.4, -0.2) is 31.0 Å². The number of benzene rings is 3. The first-order valence-corrected chi connectivity index (χ1v) is 11.0. The van der Waals surface area contributed by atoms with Crippen molar-refractivity contribution in [1.29, 1.82) is 0 Å². The van der Waals surface area contributed by atoms with Gasteiger partial charge in [-0.25, -0.2) is 0 Å². The van der Waals surface area contributed by atoms with Crippen molar-refractivity contribution in [3.63, 3.8) is 0 Å². The average Bonchev–Trinajstić information content (AvgIpc) is 3.10. The molecule has 34 heavy (non-hydrogen) atoms. The molecule has 1 N–H and O–H groups in total. The number of methoxy groups -OCH3 is 2. The fraction of sp³-hybridized carbons (Fsp3) is 0.185. The van der Waals surface area contributed by atoms with Crippen molar-refractivity contribution in [3.05, 3.63) is 93.5 Å². The SMILES string of the molecule is COc1cccc(C2/C(=C(\O)c3ccc(OC)c(C)c3)C(=O)C(=O)N2c2ccc(C)c(Cl)c2)c1. The third-order valence-electron chi connectivity index (χ3n) is 5.96. The van der Waals surface area contributed by atoms with Crippen LogP contribution in [0.5, 0.6) is 11.5 Å². The zero-order chi connectivity index (χ0) is 24.6. The molecule has 1 saturated heterocycles. The van der Waals surface area contributed by atoms with Gasteiger partial charge in [-0.05, 0) is 73.0 Å². The van der Waals surface area contributed by atoms with Crippen molar-refractivity contribution < 1.29 is 24.2 Å². The number of aliphatic hydroxyl groups is 1. The number of amides is 1. The Morgan fingerprint density at radius 1 is 0.941 bits per heavy atom. The van der Waals surface area contributed by atoms with Gasteiger partial charge in [0.1, 0.15) is 17.3 Å². The number of rotatable bonds is 5. The molecule has 1 fully saturated rings. The Bertz CT molecular complexity index is 1330. The molecule has 0 aliphatic carbocycles. The van der Waals surface area contributed by atoms with E-state index < -0.39 is 17.7 Å². The minimum atomic E-state index is -0.878. The van der Waals surface area contributed by atoms with E-state index in [0.29, 0.717) is 33.3 Å². The lowest BCUT2D eigenvalue weighted by molar-refractivity contribution is -0.132. The maximum absolute atomic E-state index is 13.3. The molecular weight excluding hydrogens is 454 g/mol. The van der Waals surface area contributed by atoms with Gasteiger partial charge in [-0.15, -0.1) is 0 Å². The molecule has 0 radical (unpaired) electrons. The van der Waals surface area contributed by atoms with Crippen LogP contribution in [0.2, 0.25) is 5.02 Å². The van der Waals surface area contributed by atoms with Crippen molar-refractivity contribution >= 4 is 34.7 Å². The number of nitrogens with zero attached hydrogens (tertiary/aromatic N) is 1. The summed E-state index contributed by atoms with van der Waals surface area (Å²) in [5, 5.41) is 11.8. The van der Waals surface area contributed by atoms with Crippen molar-refractivity contribution in [2.45, 2.75) is 19.9 Å². The second kappa shape index (κ2) is 9.23. The lowest BCUT2D eigenvalue weighted by Crippen LogP contribution is -2.29. The van der Waals surface area contributed by atoms with Crippen molar-refractivity contribution in [3.8, 4) is 11.5 Å². The highest BCUT2D eigenvalue weighted by molar-refractivity contribution is 6.51. The van der Waals surface area contributed by atoms with Crippen molar-refractivity contribution in [2.24, 2.45) is 0 Å². The molecular formula is C27H24ClNO5. The normalized spacial score (nSPS) is 17.2. The van der Waals surface area contributed by atoms with Crippen LogP contribution in [0.1, 0.15) is 28.3 Å². The van der Waals surface area contributed by atoms with Crippen molar-refractivity contribution in [2.75, 3.05) is 19.1 Å². The quantitative estimate of drug-likeness (QED) is 0.294. The molecule has 4 rings (SSSR count). The summed E-state index contributed by atoms with van der Waals surface area (Å²) in [6.07, 6.45) is 0. The number of carbonyl (C=O) groups excluding carboxylic acids is 2. The van der Waals surface area contributed by atoms with E-state index in [1.165, 1.54) is 12.0 Å². The molecule has 3 aromatic rings. The summed E-state index contributed by atoms with van der Waals surface area (Å²) in [6, 6.07) is 16.4. The third kappa shape index (κ3) is 4.01. The molecule has 0 spiro atoms. The molecule has 0 bridgehead atoms. The van der Waals surface area contributed by atoms with Gasteiger partial charge in [0.2, 0.25) is 0 Å². The first kappa shape index (κ1) is 23.4. The number of hydrogen-bond acceptors (Lipinski definition) is 5. The highest BCUT2D eigenvalue weighted by atomic mass is 35.5. The van der Waals surface area contributed by atoms with Crippen LogP contribution < -0.4 is 14.4 Å². The lowest BCUT2D eigenvalue weighted by atomic mass is 9.94. The molecule has 1 amide bonds. The van der Waals surface area contributed by atoms with E-state index in [2.05, 4.69) is 0 Å². The van der Waals surface area contributed by atoms with E-state index in [0.717, 1.165) is 11.1 Å². The van der Waals surface area contributed by atoms with E-state index in [1.54, 1.807) is 67.8 Å². The van der Waals surface area contributed by atoms with E-state index in [-0.39, 0.29) is 11.3 Å². The fourth-order valence-electron chi connectivity index (χ4n) is 4.14. The molecule has 6 nitrogen and oxygen atoms in total. The number of carbonyl (C=O) groups is 2. The molecule has 1 heterocycles. The zero-order valence-electron chi connectivity index (χ0n) is 19.3. The van der Waals surface area contributed by atoms with Gasteiger partial charge in [0.25, 0.3) is 11.7 Å². The van der Waals surface area contributed by atoms with Crippen LogP contribution in [0, 0.1) is 13.8 Å². The predicted octanol–water partition coefficient (Wildman–Crippen LogP) is 5.60. The van der Waals surface area contributed by atoms with Crippen LogP contribution in [0.15, 0.2) is 66.2 Å². The number of ether oxygens (including phenoxy) is 2. The van der Waals surface area contributed by atoms with Gasteiger partial charge in [0, 0.05) is 16.3 Å². The van der Waals surface area contributed by atoms with Gasteiger partial charge in [0.05, 0.1) is 25.8 Å². The van der Waals surface area contributed by atoms with Crippen LogP contribution >= 0.6 is 11.6 Å². The second-order valence-electron chi connectivity index (χ2n) is 8.06. The molecule has 1 aliphatic heterocycles. The number of anilines is 1. The topological polar surface area (TPSA) is 76.1 Å². The summed E-state index contributed by atoms with van der Waals surface area (Å²) in [5.74, 6) is -0.589. The Hall–Kier alpha value is -3.77. The maximum Gasteiger partial charge on any atom is 0.300 e. The molecule has 7 heteroatoms. The Morgan fingerprint density at radius 3 is 2.35 bits per heavy atom. The first-order chi connectivity index (χ1) is 16.3. The van der Waals surface area contributed by atoms with Gasteiger partial charge in [-0.2, -0.15) is 0 Å². The largest absolute Gasteiger partial charge is 0.507 e. The summed E-state index contributed by atoms with van der Waals surface area (Å²) < 4.78 is 10.7. The molecule has 0 aromatic heterocycles.